The molecule has 0 saturated heterocycles. The number of benzene rings is 2. The highest BCUT2D eigenvalue weighted by atomic mass is 35.5. The first-order valence-corrected chi connectivity index (χ1v) is 10.9. The van der Waals surface area contributed by atoms with Gasteiger partial charge in [0.2, 0.25) is 0 Å². The summed E-state index contributed by atoms with van der Waals surface area (Å²) >= 11 is 0. The summed E-state index contributed by atoms with van der Waals surface area (Å²) in [5, 5.41) is 0. The first-order chi connectivity index (χ1) is 14.9. The minimum atomic E-state index is -0.621. The molecule has 0 amide bonds. The minimum absolute atomic E-state index is 0. The number of nitrogens with zero attached hydrogens (tertiary/aromatic N) is 1. The summed E-state index contributed by atoms with van der Waals surface area (Å²) in [7, 11) is 5.89. The van der Waals surface area contributed by atoms with Crippen LogP contribution in [0, 0.1) is 11.7 Å². The summed E-state index contributed by atoms with van der Waals surface area (Å²) in [6.07, 6.45) is 4.72. The van der Waals surface area contributed by atoms with E-state index in [2.05, 4.69) is 31.1 Å². The minimum Gasteiger partial charge on any atom is -0.497 e. The van der Waals surface area contributed by atoms with Crippen LogP contribution in [0.15, 0.2) is 48.0 Å². The van der Waals surface area contributed by atoms with Crippen molar-refractivity contribution in [2.75, 3.05) is 34.4 Å². The zero-order chi connectivity index (χ0) is 22.4. The van der Waals surface area contributed by atoms with Crippen molar-refractivity contribution >= 4 is 24.5 Å². The zero-order valence-corrected chi connectivity index (χ0v) is 20.1. The fourth-order valence-corrected chi connectivity index (χ4v) is 4.45. The maximum atomic E-state index is 15.0. The summed E-state index contributed by atoms with van der Waals surface area (Å²) in [6.45, 7) is 2.94. The Labute approximate surface area is 196 Å². The van der Waals surface area contributed by atoms with Crippen LogP contribution < -0.4 is 4.74 Å². The smallest absolute Gasteiger partial charge is 0.341 e. The molecule has 1 aliphatic carbocycles. The molecule has 32 heavy (non-hydrogen) atoms. The zero-order valence-electron chi connectivity index (χ0n) is 19.3. The lowest BCUT2D eigenvalue weighted by molar-refractivity contribution is 0.0521. The van der Waals surface area contributed by atoms with Gasteiger partial charge in [0.05, 0.1) is 19.3 Å². The van der Waals surface area contributed by atoms with Crippen molar-refractivity contribution in [3.05, 3.63) is 70.5 Å². The van der Waals surface area contributed by atoms with E-state index in [0.717, 1.165) is 31.6 Å². The number of halogens is 2. The predicted molar refractivity (Wildman–Crippen MR) is 129 cm³/mol. The van der Waals surface area contributed by atoms with Crippen LogP contribution in [0.5, 0.6) is 5.75 Å². The average molecular weight is 462 g/mol. The predicted octanol–water partition coefficient (Wildman–Crippen LogP) is 5.96. The van der Waals surface area contributed by atoms with Crippen molar-refractivity contribution in [3.63, 3.8) is 0 Å². The highest BCUT2D eigenvalue weighted by Gasteiger charge is 2.29. The number of methoxy groups -OCH3 is 1. The van der Waals surface area contributed by atoms with Gasteiger partial charge in [-0.05, 0) is 75.9 Å². The molecule has 3 rings (SSSR count). The number of carbonyl (C=O) groups is 1. The summed E-state index contributed by atoms with van der Waals surface area (Å²) in [4.78, 5) is 14.3. The monoisotopic (exact) mass is 461 g/mol. The van der Waals surface area contributed by atoms with Crippen molar-refractivity contribution in [1.29, 1.82) is 0 Å². The van der Waals surface area contributed by atoms with Gasteiger partial charge in [-0.1, -0.05) is 35.9 Å². The van der Waals surface area contributed by atoms with E-state index >= 15 is 4.39 Å². The van der Waals surface area contributed by atoms with Crippen LogP contribution in [-0.4, -0.2) is 45.2 Å². The number of hydrogen-bond acceptors (Lipinski definition) is 4. The number of rotatable bonds is 7. The molecule has 0 heterocycles. The van der Waals surface area contributed by atoms with Gasteiger partial charge in [-0.25, -0.2) is 9.18 Å². The molecule has 4 nitrogen and oxygen atoms in total. The van der Waals surface area contributed by atoms with Gasteiger partial charge in [0.15, 0.2) is 0 Å². The molecule has 6 heteroatoms. The Balaban J connectivity index is 0.00000363. The van der Waals surface area contributed by atoms with Crippen molar-refractivity contribution < 1.29 is 18.7 Å². The summed E-state index contributed by atoms with van der Waals surface area (Å²) in [6, 6.07) is 13.2. The van der Waals surface area contributed by atoms with Crippen molar-refractivity contribution in [2.24, 2.45) is 5.92 Å². The van der Waals surface area contributed by atoms with Gasteiger partial charge in [0.25, 0.3) is 0 Å². The molecule has 0 N–H and O–H groups in total. The molecular formula is C26H33ClFNO3. The van der Waals surface area contributed by atoms with Crippen LogP contribution in [0.3, 0.4) is 0 Å². The maximum Gasteiger partial charge on any atom is 0.341 e. The van der Waals surface area contributed by atoms with Crippen LogP contribution in [0.4, 0.5) is 4.39 Å². The topological polar surface area (TPSA) is 38.8 Å². The second-order valence-electron chi connectivity index (χ2n) is 8.38. The third-order valence-corrected chi connectivity index (χ3v) is 5.89. The van der Waals surface area contributed by atoms with E-state index in [-0.39, 0.29) is 24.6 Å². The average Bonchev–Trinajstić information content (AvgIpc) is 2.76. The Morgan fingerprint density at radius 1 is 1.22 bits per heavy atom. The molecule has 0 bridgehead atoms. The molecule has 2 aromatic carbocycles. The van der Waals surface area contributed by atoms with Gasteiger partial charge in [-0.3, -0.25) is 0 Å². The summed E-state index contributed by atoms with van der Waals surface area (Å²) < 4.78 is 25.4. The van der Waals surface area contributed by atoms with Gasteiger partial charge in [-0.2, -0.15) is 0 Å². The first-order valence-electron chi connectivity index (χ1n) is 10.9. The largest absolute Gasteiger partial charge is 0.497 e. The Morgan fingerprint density at radius 3 is 2.66 bits per heavy atom. The molecule has 1 saturated carbocycles. The second-order valence-corrected chi connectivity index (χ2v) is 8.38. The molecule has 1 fully saturated rings. The normalized spacial score (nSPS) is 19.5. The second kappa shape index (κ2) is 12.0. The van der Waals surface area contributed by atoms with E-state index in [1.165, 1.54) is 17.2 Å². The highest BCUT2D eigenvalue weighted by Crippen LogP contribution is 2.42. The fourth-order valence-electron chi connectivity index (χ4n) is 4.45. The van der Waals surface area contributed by atoms with E-state index in [9.17, 15) is 4.79 Å². The maximum absolute atomic E-state index is 15.0. The van der Waals surface area contributed by atoms with Crippen LogP contribution in [-0.2, 0) is 4.74 Å². The number of ether oxygens (including phenoxy) is 2. The van der Waals surface area contributed by atoms with Crippen molar-refractivity contribution in [3.8, 4) is 5.75 Å². The van der Waals surface area contributed by atoms with E-state index < -0.39 is 11.8 Å². The van der Waals surface area contributed by atoms with Crippen molar-refractivity contribution in [1.82, 2.24) is 4.90 Å². The lowest BCUT2D eigenvalue weighted by Gasteiger charge is -2.35. The Kier molecular flexibility index (Phi) is 9.73. The fraction of sp³-hybridized carbons (Fsp3) is 0.423. The molecule has 2 atom stereocenters. The molecule has 2 aromatic rings. The molecule has 174 valence electrons. The van der Waals surface area contributed by atoms with Crippen LogP contribution in [0.25, 0.3) is 6.08 Å². The van der Waals surface area contributed by atoms with Gasteiger partial charge in [0, 0.05) is 12.1 Å². The van der Waals surface area contributed by atoms with Crippen LogP contribution in [0.1, 0.15) is 53.6 Å². The van der Waals surface area contributed by atoms with Crippen LogP contribution >= 0.6 is 12.4 Å². The lowest BCUT2D eigenvalue weighted by Crippen LogP contribution is -2.29. The molecule has 0 spiro atoms. The highest BCUT2D eigenvalue weighted by molar-refractivity contribution is 5.90. The van der Waals surface area contributed by atoms with E-state index in [1.807, 2.05) is 18.2 Å². The summed E-state index contributed by atoms with van der Waals surface area (Å²) in [5.74, 6) is 0.556. The molecule has 0 radical (unpaired) electrons. The SMILES string of the molecule is CCOC(=O)c1cccc(/C=C2/CCC(CN(C)C)C(c3cccc(OC)c3)C2)c1F.Cl. The Hall–Kier alpha value is -2.37. The molecule has 0 aromatic heterocycles. The molecular weight excluding hydrogens is 429 g/mol. The number of carbonyl (C=O) groups excluding carboxylic acids is 1. The van der Waals surface area contributed by atoms with E-state index in [1.54, 1.807) is 26.2 Å². The van der Waals surface area contributed by atoms with Gasteiger partial charge < -0.3 is 14.4 Å². The summed E-state index contributed by atoms with van der Waals surface area (Å²) in [5.41, 5.74) is 2.87. The first kappa shape index (κ1) is 25.9. The Morgan fingerprint density at radius 2 is 1.97 bits per heavy atom. The quantitative estimate of drug-likeness (QED) is 0.477. The molecule has 1 aliphatic rings. The van der Waals surface area contributed by atoms with Crippen molar-refractivity contribution in [2.45, 2.75) is 32.1 Å². The standard InChI is InChI=1S/C26H32FNO3.ClH/c1-5-31-26(29)23-11-7-9-20(25(23)27)14-18-12-13-21(17-28(2)3)24(15-18)19-8-6-10-22(16-19)30-4;/h6-11,14,16,21,24H,5,12-13,15,17H2,1-4H3;1H/b18-14-;. The van der Waals surface area contributed by atoms with Crippen LogP contribution in [0.2, 0.25) is 0 Å². The third kappa shape index (κ3) is 6.33. The third-order valence-electron chi connectivity index (χ3n) is 5.89. The van der Waals surface area contributed by atoms with Gasteiger partial charge in [-0.15, -0.1) is 12.4 Å². The lowest BCUT2D eigenvalue weighted by atomic mass is 9.73. The Bertz CT molecular complexity index is 944. The van der Waals surface area contributed by atoms with Gasteiger partial charge in [0.1, 0.15) is 11.6 Å². The molecule has 2 unspecified atom stereocenters. The van der Waals surface area contributed by atoms with Gasteiger partial charge >= 0.3 is 5.97 Å². The van der Waals surface area contributed by atoms with E-state index in [0.29, 0.717) is 17.4 Å². The number of allylic oxidation sites excluding steroid dienone is 1. The number of hydrogen-bond donors (Lipinski definition) is 0. The molecule has 0 aliphatic heterocycles. The number of esters is 1. The van der Waals surface area contributed by atoms with E-state index in [4.69, 9.17) is 9.47 Å².